The molecule has 2 saturated heterocycles. The van der Waals surface area contributed by atoms with Gasteiger partial charge in [0.25, 0.3) is 5.91 Å². The Labute approximate surface area is 179 Å². The van der Waals surface area contributed by atoms with E-state index in [1.165, 1.54) is 16.4 Å². The van der Waals surface area contributed by atoms with E-state index in [9.17, 15) is 13.2 Å². The molecule has 0 spiro atoms. The molecule has 154 valence electrons. The number of ether oxygens (including phenoxy) is 1. The number of hydrogen-bond acceptors (Lipinski definition) is 4. The summed E-state index contributed by atoms with van der Waals surface area (Å²) in [6.07, 6.45) is 2.42. The summed E-state index contributed by atoms with van der Waals surface area (Å²) in [5.41, 5.74) is 2.07. The number of benzene rings is 2. The second kappa shape index (κ2) is 8.14. The van der Waals surface area contributed by atoms with Gasteiger partial charge in [-0.05, 0) is 61.2 Å². The summed E-state index contributed by atoms with van der Waals surface area (Å²) in [6.45, 7) is 1.10. The maximum Gasteiger partial charge on any atom is 0.257 e. The van der Waals surface area contributed by atoms with Gasteiger partial charge in [-0.25, -0.2) is 8.42 Å². The van der Waals surface area contributed by atoms with Crippen LogP contribution in [0.4, 0.5) is 11.4 Å². The van der Waals surface area contributed by atoms with Crippen LogP contribution in [0.1, 0.15) is 41.3 Å². The average molecular weight is 455 g/mol. The van der Waals surface area contributed by atoms with Crippen LogP contribution >= 0.6 is 23.2 Å². The van der Waals surface area contributed by atoms with Gasteiger partial charge in [0.05, 0.1) is 28.1 Å². The van der Waals surface area contributed by atoms with Gasteiger partial charge in [-0.2, -0.15) is 0 Å². The van der Waals surface area contributed by atoms with Crippen LogP contribution in [0.5, 0.6) is 0 Å². The summed E-state index contributed by atoms with van der Waals surface area (Å²) in [5.74, 6) is -0.333. The van der Waals surface area contributed by atoms with Gasteiger partial charge in [0.15, 0.2) is 0 Å². The molecule has 2 aliphatic heterocycles. The highest BCUT2D eigenvalue weighted by molar-refractivity contribution is 7.93. The fraction of sp³-hybridized carbons (Fsp3) is 0.350. The van der Waals surface area contributed by atoms with Crippen molar-refractivity contribution in [1.82, 2.24) is 0 Å². The predicted molar refractivity (Wildman–Crippen MR) is 115 cm³/mol. The summed E-state index contributed by atoms with van der Waals surface area (Å²) in [4.78, 5) is 12.9. The SMILES string of the molecule is O=C(Nc1cc(Cl)cc([C@H]2CCCO2)c1)c1cc(N2CCCS2(=O)=O)ccc1Cl. The second-order valence-corrected chi connectivity index (χ2v) is 9.99. The third-order valence-corrected chi connectivity index (χ3v) is 7.48. The third-order valence-electron chi connectivity index (χ3n) is 5.06. The van der Waals surface area contributed by atoms with E-state index in [0.29, 0.717) is 36.0 Å². The molecule has 0 aromatic heterocycles. The van der Waals surface area contributed by atoms with Crippen molar-refractivity contribution in [3.05, 3.63) is 57.6 Å². The van der Waals surface area contributed by atoms with Gasteiger partial charge in [0, 0.05) is 23.9 Å². The van der Waals surface area contributed by atoms with Crippen molar-refractivity contribution in [1.29, 1.82) is 0 Å². The van der Waals surface area contributed by atoms with E-state index in [-0.39, 0.29) is 22.4 Å². The molecule has 0 radical (unpaired) electrons. The average Bonchev–Trinajstić information content (AvgIpc) is 3.31. The van der Waals surface area contributed by atoms with Gasteiger partial charge in [-0.3, -0.25) is 9.10 Å². The van der Waals surface area contributed by atoms with Crippen LogP contribution in [-0.4, -0.2) is 33.2 Å². The molecule has 1 atom stereocenters. The number of anilines is 2. The van der Waals surface area contributed by atoms with Gasteiger partial charge >= 0.3 is 0 Å². The van der Waals surface area contributed by atoms with E-state index < -0.39 is 15.9 Å². The molecule has 1 amide bonds. The molecule has 2 aromatic carbocycles. The van der Waals surface area contributed by atoms with Crippen molar-refractivity contribution in [2.24, 2.45) is 0 Å². The van der Waals surface area contributed by atoms with E-state index >= 15 is 0 Å². The number of sulfonamides is 1. The lowest BCUT2D eigenvalue weighted by atomic mass is 10.1. The lowest BCUT2D eigenvalue weighted by Crippen LogP contribution is -2.25. The smallest absolute Gasteiger partial charge is 0.257 e. The number of hydrogen-bond donors (Lipinski definition) is 1. The van der Waals surface area contributed by atoms with E-state index in [2.05, 4.69) is 5.32 Å². The summed E-state index contributed by atoms with van der Waals surface area (Å²) < 4.78 is 31.4. The Bertz CT molecular complexity index is 1050. The number of nitrogens with one attached hydrogen (secondary N) is 1. The third kappa shape index (κ3) is 4.38. The minimum Gasteiger partial charge on any atom is -0.374 e. The molecule has 4 rings (SSSR count). The van der Waals surface area contributed by atoms with E-state index in [1.54, 1.807) is 12.1 Å². The zero-order chi connectivity index (χ0) is 20.6. The van der Waals surface area contributed by atoms with Gasteiger partial charge < -0.3 is 10.1 Å². The zero-order valence-electron chi connectivity index (χ0n) is 15.5. The first kappa shape index (κ1) is 20.5. The van der Waals surface area contributed by atoms with Crippen LogP contribution in [0.2, 0.25) is 10.0 Å². The second-order valence-electron chi connectivity index (χ2n) is 7.13. The molecule has 1 N–H and O–H groups in total. The Hall–Kier alpha value is -1.80. The molecule has 9 heteroatoms. The molecule has 0 bridgehead atoms. The largest absolute Gasteiger partial charge is 0.374 e. The summed E-state index contributed by atoms with van der Waals surface area (Å²) in [6, 6.07) is 9.97. The molecule has 0 aliphatic carbocycles. The van der Waals surface area contributed by atoms with Crippen LogP contribution in [-0.2, 0) is 14.8 Å². The highest BCUT2D eigenvalue weighted by atomic mass is 35.5. The van der Waals surface area contributed by atoms with Gasteiger partial charge in [0.2, 0.25) is 10.0 Å². The quantitative estimate of drug-likeness (QED) is 0.729. The number of nitrogens with zero attached hydrogens (tertiary/aromatic N) is 1. The molecule has 2 aromatic rings. The van der Waals surface area contributed by atoms with Crippen molar-refractivity contribution < 1.29 is 17.9 Å². The van der Waals surface area contributed by atoms with Crippen LogP contribution in [0.3, 0.4) is 0 Å². The number of amides is 1. The Morgan fingerprint density at radius 1 is 1.14 bits per heavy atom. The van der Waals surface area contributed by atoms with Crippen LogP contribution < -0.4 is 9.62 Å². The first-order chi connectivity index (χ1) is 13.8. The van der Waals surface area contributed by atoms with Crippen molar-refractivity contribution in [2.45, 2.75) is 25.4 Å². The maximum atomic E-state index is 12.9. The van der Waals surface area contributed by atoms with Crippen molar-refractivity contribution in [3.63, 3.8) is 0 Å². The molecule has 2 fully saturated rings. The van der Waals surface area contributed by atoms with Gasteiger partial charge in [-0.1, -0.05) is 23.2 Å². The zero-order valence-corrected chi connectivity index (χ0v) is 17.9. The Morgan fingerprint density at radius 2 is 1.97 bits per heavy atom. The molecular weight excluding hydrogens is 435 g/mol. The van der Waals surface area contributed by atoms with Crippen LogP contribution in [0.25, 0.3) is 0 Å². The molecule has 6 nitrogen and oxygen atoms in total. The van der Waals surface area contributed by atoms with Gasteiger partial charge in [0.1, 0.15) is 0 Å². The standard InChI is InChI=1S/C20H20Cl2N2O4S/c21-14-9-13(19-3-1-7-28-19)10-15(11-14)23-20(25)17-12-16(4-5-18(17)22)24-6-2-8-29(24,26)27/h4-5,9-12,19H,1-3,6-8H2,(H,23,25)/t19-/m1/s1. The fourth-order valence-electron chi connectivity index (χ4n) is 3.68. The highest BCUT2D eigenvalue weighted by Gasteiger charge is 2.29. The monoisotopic (exact) mass is 454 g/mol. The summed E-state index contributed by atoms with van der Waals surface area (Å²) in [5, 5.41) is 3.55. The van der Waals surface area contributed by atoms with Crippen molar-refractivity contribution in [3.8, 4) is 0 Å². The minimum absolute atomic E-state index is 0.0309. The summed E-state index contributed by atoms with van der Waals surface area (Å²) >= 11 is 12.5. The number of rotatable bonds is 4. The van der Waals surface area contributed by atoms with E-state index in [4.69, 9.17) is 27.9 Å². The molecular formula is C20H20Cl2N2O4S. The lowest BCUT2D eigenvalue weighted by Gasteiger charge is -2.18. The number of carbonyl (C=O) groups excluding carboxylic acids is 1. The van der Waals surface area contributed by atoms with E-state index in [1.807, 2.05) is 12.1 Å². The lowest BCUT2D eigenvalue weighted by molar-refractivity contribution is 0.102. The number of carbonyl (C=O) groups is 1. The topological polar surface area (TPSA) is 75.7 Å². The van der Waals surface area contributed by atoms with Gasteiger partial charge in [-0.15, -0.1) is 0 Å². The molecule has 2 heterocycles. The maximum absolute atomic E-state index is 12.9. The van der Waals surface area contributed by atoms with E-state index in [0.717, 1.165) is 18.4 Å². The Morgan fingerprint density at radius 3 is 2.66 bits per heavy atom. The number of halogens is 2. The Kier molecular flexibility index (Phi) is 5.75. The minimum atomic E-state index is -3.35. The normalized spacial score (nSPS) is 20.8. The van der Waals surface area contributed by atoms with Crippen LogP contribution in [0, 0.1) is 0 Å². The Balaban J connectivity index is 1.59. The predicted octanol–water partition coefficient (Wildman–Crippen LogP) is 4.64. The fourth-order valence-corrected chi connectivity index (χ4v) is 5.68. The van der Waals surface area contributed by atoms with Crippen molar-refractivity contribution >= 4 is 50.5 Å². The molecule has 0 unspecified atom stereocenters. The highest BCUT2D eigenvalue weighted by Crippen LogP contribution is 2.33. The molecule has 0 saturated carbocycles. The first-order valence-electron chi connectivity index (χ1n) is 9.37. The molecule has 2 aliphatic rings. The summed E-state index contributed by atoms with van der Waals surface area (Å²) in [7, 11) is -3.35. The first-order valence-corrected chi connectivity index (χ1v) is 11.7. The van der Waals surface area contributed by atoms with Crippen LogP contribution in [0.15, 0.2) is 36.4 Å². The van der Waals surface area contributed by atoms with Crippen molar-refractivity contribution in [2.75, 3.05) is 28.5 Å². The molecule has 29 heavy (non-hydrogen) atoms.